The van der Waals surface area contributed by atoms with E-state index in [4.69, 9.17) is 32.7 Å². The number of Topliss-reactive ketones (excluding diaryl/α,β-unsaturated/α-hetero) is 1. The first-order chi connectivity index (χ1) is 15.0. The van der Waals surface area contributed by atoms with Crippen LogP contribution in [0, 0.1) is 5.82 Å². The Morgan fingerprint density at radius 1 is 1.10 bits per heavy atom. The molecule has 0 N–H and O–H groups in total. The van der Waals surface area contributed by atoms with E-state index in [1.807, 2.05) is 11.0 Å². The number of carbonyl (C=O) groups excluding carboxylic acids is 1. The maximum Gasteiger partial charge on any atom is 0.231 e. The van der Waals surface area contributed by atoms with Gasteiger partial charge < -0.3 is 9.47 Å². The van der Waals surface area contributed by atoms with Crippen LogP contribution in [0.3, 0.4) is 0 Å². The van der Waals surface area contributed by atoms with E-state index in [0.29, 0.717) is 52.5 Å². The molecular weight excluding hydrogens is 440 g/mol. The first-order valence-corrected chi connectivity index (χ1v) is 10.4. The van der Waals surface area contributed by atoms with Gasteiger partial charge in [-0.05, 0) is 42.0 Å². The van der Waals surface area contributed by atoms with E-state index < -0.39 is 5.82 Å². The largest absolute Gasteiger partial charge is 0.478 e. The highest BCUT2D eigenvalue weighted by Gasteiger charge is 2.33. The lowest BCUT2D eigenvalue weighted by Crippen LogP contribution is -2.31. The molecule has 31 heavy (non-hydrogen) atoms. The molecule has 5 rings (SSSR count). The summed E-state index contributed by atoms with van der Waals surface area (Å²) >= 11 is 12.3. The molecule has 0 amide bonds. The van der Waals surface area contributed by atoms with Crippen LogP contribution < -0.4 is 9.47 Å². The zero-order valence-corrected chi connectivity index (χ0v) is 17.7. The molecular formula is C24H16Cl2FNO3. The fraction of sp³-hybridized carbons (Fsp3) is 0.125. The highest BCUT2D eigenvalue weighted by molar-refractivity contribution is 6.35. The van der Waals surface area contributed by atoms with Crippen molar-refractivity contribution in [3.8, 4) is 11.5 Å². The van der Waals surface area contributed by atoms with E-state index in [2.05, 4.69) is 0 Å². The number of benzene rings is 3. The van der Waals surface area contributed by atoms with Crippen LogP contribution in [0.4, 0.5) is 4.39 Å². The third kappa shape index (κ3) is 3.81. The summed E-state index contributed by atoms with van der Waals surface area (Å²) in [7, 11) is 0. The summed E-state index contributed by atoms with van der Waals surface area (Å²) in [4.78, 5) is 14.9. The number of hydrogen-bond donors (Lipinski definition) is 0. The van der Waals surface area contributed by atoms with Crippen LogP contribution in [0.5, 0.6) is 11.5 Å². The van der Waals surface area contributed by atoms with Crippen molar-refractivity contribution in [1.29, 1.82) is 0 Å². The normalized spacial score (nSPS) is 16.6. The van der Waals surface area contributed by atoms with Crippen molar-refractivity contribution in [3.05, 3.63) is 98.5 Å². The third-order valence-corrected chi connectivity index (χ3v) is 5.87. The molecule has 0 radical (unpaired) electrons. The number of ether oxygens (including phenoxy) is 2. The van der Waals surface area contributed by atoms with Gasteiger partial charge in [0.2, 0.25) is 5.78 Å². The Balaban J connectivity index is 1.43. The summed E-state index contributed by atoms with van der Waals surface area (Å²) in [6.07, 6.45) is 1.43. The number of ketones is 1. The van der Waals surface area contributed by atoms with E-state index >= 15 is 0 Å². The topological polar surface area (TPSA) is 38.8 Å². The highest BCUT2D eigenvalue weighted by Crippen LogP contribution is 2.42. The van der Waals surface area contributed by atoms with E-state index in [0.717, 1.165) is 11.1 Å². The lowest BCUT2D eigenvalue weighted by molar-refractivity contribution is 0.0873. The van der Waals surface area contributed by atoms with E-state index in [1.54, 1.807) is 42.5 Å². The Morgan fingerprint density at radius 2 is 1.94 bits per heavy atom. The van der Waals surface area contributed by atoms with Gasteiger partial charge in [-0.3, -0.25) is 9.69 Å². The molecule has 0 aliphatic carbocycles. The quantitative estimate of drug-likeness (QED) is 0.447. The fourth-order valence-electron chi connectivity index (χ4n) is 3.73. The molecule has 0 unspecified atom stereocenters. The van der Waals surface area contributed by atoms with Crippen molar-refractivity contribution in [2.45, 2.75) is 13.1 Å². The molecule has 0 spiro atoms. The molecule has 2 aliphatic heterocycles. The monoisotopic (exact) mass is 455 g/mol. The lowest BCUT2D eigenvalue weighted by Gasteiger charge is -2.30. The minimum Gasteiger partial charge on any atom is -0.478 e. The van der Waals surface area contributed by atoms with Crippen molar-refractivity contribution in [2.24, 2.45) is 0 Å². The second kappa shape index (κ2) is 8.00. The SMILES string of the molecule is O=C1/C(=C/c2ccccc2F)Oc2c1ccc1c2CN(Cc2ccc(Cl)cc2Cl)CO1. The molecule has 0 fully saturated rings. The Labute approximate surface area is 188 Å². The molecule has 2 heterocycles. The number of nitrogens with zero attached hydrogens (tertiary/aromatic N) is 1. The minimum atomic E-state index is -0.418. The van der Waals surface area contributed by atoms with Gasteiger partial charge in [0, 0.05) is 28.7 Å². The van der Waals surface area contributed by atoms with Crippen LogP contribution >= 0.6 is 23.2 Å². The van der Waals surface area contributed by atoms with Crippen molar-refractivity contribution >= 4 is 35.1 Å². The number of fused-ring (bicyclic) bond motifs is 3. The van der Waals surface area contributed by atoms with E-state index in [-0.39, 0.29) is 11.5 Å². The first-order valence-electron chi connectivity index (χ1n) is 9.63. The van der Waals surface area contributed by atoms with Crippen LogP contribution in [0.15, 0.2) is 60.4 Å². The van der Waals surface area contributed by atoms with E-state index in [1.165, 1.54) is 12.1 Å². The molecule has 156 valence electrons. The van der Waals surface area contributed by atoms with Gasteiger partial charge in [0.05, 0.1) is 11.1 Å². The number of hydrogen-bond acceptors (Lipinski definition) is 4. The standard InChI is InChI=1S/C24H16Cl2FNO3/c25-16-6-5-15(19(26)10-16)11-28-12-18-21(30-13-28)8-7-17-23(29)22(31-24(17)18)9-14-3-1-2-4-20(14)27/h1-10H,11-13H2/b22-9-. The molecule has 7 heteroatoms. The molecule has 0 bridgehead atoms. The fourth-order valence-corrected chi connectivity index (χ4v) is 4.20. The van der Waals surface area contributed by atoms with Gasteiger partial charge in [-0.1, -0.05) is 47.5 Å². The van der Waals surface area contributed by atoms with Gasteiger partial charge in [0.15, 0.2) is 5.76 Å². The van der Waals surface area contributed by atoms with Gasteiger partial charge in [-0.2, -0.15) is 0 Å². The Morgan fingerprint density at radius 3 is 2.74 bits per heavy atom. The van der Waals surface area contributed by atoms with Gasteiger partial charge in [0.1, 0.15) is 24.0 Å². The minimum absolute atomic E-state index is 0.0892. The molecule has 0 saturated heterocycles. The Hall–Kier alpha value is -2.86. The highest BCUT2D eigenvalue weighted by atomic mass is 35.5. The molecule has 3 aromatic carbocycles. The molecule has 3 aromatic rings. The lowest BCUT2D eigenvalue weighted by atomic mass is 10.0. The average molecular weight is 456 g/mol. The summed E-state index contributed by atoms with van der Waals surface area (Å²) in [5.41, 5.74) is 2.43. The maximum absolute atomic E-state index is 14.0. The van der Waals surface area contributed by atoms with Gasteiger partial charge >= 0.3 is 0 Å². The van der Waals surface area contributed by atoms with Gasteiger partial charge in [-0.25, -0.2) is 4.39 Å². The van der Waals surface area contributed by atoms with Crippen LogP contribution in [-0.4, -0.2) is 17.4 Å². The van der Waals surface area contributed by atoms with Gasteiger partial charge in [-0.15, -0.1) is 0 Å². The van der Waals surface area contributed by atoms with E-state index in [9.17, 15) is 9.18 Å². The van der Waals surface area contributed by atoms with Crippen molar-refractivity contribution < 1.29 is 18.7 Å². The average Bonchev–Trinajstić information content (AvgIpc) is 3.08. The second-order valence-corrected chi connectivity index (χ2v) is 8.22. The van der Waals surface area contributed by atoms with Crippen molar-refractivity contribution in [1.82, 2.24) is 4.90 Å². The summed E-state index contributed by atoms with van der Waals surface area (Å²) in [5.74, 6) is 0.512. The van der Waals surface area contributed by atoms with Crippen LogP contribution in [-0.2, 0) is 13.1 Å². The molecule has 0 aromatic heterocycles. The second-order valence-electron chi connectivity index (χ2n) is 7.38. The summed E-state index contributed by atoms with van der Waals surface area (Å²) in [6.45, 7) is 1.43. The van der Waals surface area contributed by atoms with Gasteiger partial charge in [0.25, 0.3) is 0 Å². The number of halogens is 3. The molecule has 0 atom stereocenters. The van der Waals surface area contributed by atoms with Crippen LogP contribution in [0.25, 0.3) is 6.08 Å². The predicted molar refractivity (Wildman–Crippen MR) is 117 cm³/mol. The summed E-state index contributed by atoms with van der Waals surface area (Å²) < 4.78 is 25.8. The smallest absolute Gasteiger partial charge is 0.231 e. The van der Waals surface area contributed by atoms with Crippen LogP contribution in [0.2, 0.25) is 10.0 Å². The Kier molecular flexibility index (Phi) is 5.18. The first kappa shape index (κ1) is 20.1. The Bertz CT molecular complexity index is 1240. The number of rotatable bonds is 3. The predicted octanol–water partition coefficient (Wildman–Crippen LogP) is 6.10. The van der Waals surface area contributed by atoms with Crippen molar-refractivity contribution in [2.75, 3.05) is 6.73 Å². The van der Waals surface area contributed by atoms with Crippen molar-refractivity contribution in [3.63, 3.8) is 0 Å². The number of carbonyl (C=O) groups is 1. The summed E-state index contributed by atoms with van der Waals surface area (Å²) in [6, 6.07) is 15.1. The molecule has 2 aliphatic rings. The maximum atomic E-state index is 14.0. The molecule has 4 nitrogen and oxygen atoms in total. The zero-order valence-electron chi connectivity index (χ0n) is 16.2. The molecule has 0 saturated carbocycles. The zero-order chi connectivity index (χ0) is 21.5. The third-order valence-electron chi connectivity index (χ3n) is 5.28. The number of allylic oxidation sites excluding steroid dienone is 1. The summed E-state index contributed by atoms with van der Waals surface area (Å²) in [5, 5.41) is 1.16. The van der Waals surface area contributed by atoms with Crippen LogP contribution in [0.1, 0.15) is 27.0 Å².